The molecule has 18 heavy (non-hydrogen) atoms. The Hall–Kier alpha value is -1.83. The fraction of sp³-hybridized carbons (Fsp3) is 0.400. The van der Waals surface area contributed by atoms with Crippen LogP contribution in [-0.4, -0.2) is 38.5 Å². The zero-order valence-corrected chi connectivity index (χ0v) is 10.6. The highest BCUT2D eigenvalue weighted by molar-refractivity contribution is 8.00. The predicted molar refractivity (Wildman–Crippen MR) is 67.5 cm³/mol. The summed E-state index contributed by atoms with van der Waals surface area (Å²) in [5.74, 6) is 0.109. The van der Waals surface area contributed by atoms with Crippen molar-refractivity contribution in [1.82, 2.24) is 14.9 Å². The molecule has 1 aromatic rings. The number of nitrogen functional groups attached to an aromatic ring is 2. The first-order valence-electron chi connectivity index (χ1n) is 5.42. The number of aromatic nitrogens is 2. The number of carbonyl (C=O) groups is 2. The highest BCUT2D eigenvalue weighted by Crippen LogP contribution is 2.29. The zero-order chi connectivity index (χ0) is 13.3. The van der Waals surface area contributed by atoms with Crippen LogP contribution >= 0.6 is 11.8 Å². The number of nitrogens with two attached hydrogens (primary N) is 2. The Labute approximate surface area is 108 Å². The highest BCUT2D eigenvalue weighted by Gasteiger charge is 2.38. The number of hydrogen-bond acceptors (Lipinski definition) is 7. The van der Waals surface area contributed by atoms with Crippen molar-refractivity contribution in [3.05, 3.63) is 6.07 Å². The number of thioether (sulfide) groups is 1. The minimum Gasteiger partial charge on any atom is -0.383 e. The van der Waals surface area contributed by atoms with Gasteiger partial charge in [-0.1, -0.05) is 11.8 Å². The maximum Gasteiger partial charge on any atom is 0.243 e. The standard InChI is InChI=1S/C10H13N5O2S/c1-2-15-8(16)3-5(9(15)17)18-10-13-6(11)4-7(12)14-10/h4-5H,2-3H2,1H3,(H4,11,12,13,14). The Balaban J connectivity index is 2.15. The molecule has 0 radical (unpaired) electrons. The van der Waals surface area contributed by atoms with Gasteiger partial charge in [-0.2, -0.15) is 0 Å². The second-order valence-electron chi connectivity index (χ2n) is 3.79. The number of hydrogen-bond donors (Lipinski definition) is 2. The lowest BCUT2D eigenvalue weighted by Gasteiger charge is -2.11. The number of carbonyl (C=O) groups excluding carboxylic acids is 2. The predicted octanol–water partition coefficient (Wildman–Crippen LogP) is -0.120. The van der Waals surface area contributed by atoms with Crippen molar-refractivity contribution in [3.63, 3.8) is 0 Å². The van der Waals surface area contributed by atoms with E-state index in [-0.39, 0.29) is 29.9 Å². The van der Waals surface area contributed by atoms with Crippen LogP contribution in [0.4, 0.5) is 11.6 Å². The molecule has 0 bridgehead atoms. The van der Waals surface area contributed by atoms with Crippen LogP contribution < -0.4 is 11.5 Å². The fourth-order valence-corrected chi connectivity index (χ4v) is 2.74. The van der Waals surface area contributed by atoms with E-state index in [2.05, 4.69) is 9.97 Å². The number of anilines is 2. The van der Waals surface area contributed by atoms with Gasteiger partial charge in [-0.15, -0.1) is 0 Å². The van der Waals surface area contributed by atoms with Gasteiger partial charge < -0.3 is 11.5 Å². The van der Waals surface area contributed by atoms with Crippen molar-refractivity contribution in [3.8, 4) is 0 Å². The maximum absolute atomic E-state index is 11.9. The van der Waals surface area contributed by atoms with Crippen LogP contribution in [0.2, 0.25) is 0 Å². The number of rotatable bonds is 3. The summed E-state index contributed by atoms with van der Waals surface area (Å²) in [5, 5.41) is -0.171. The first-order valence-corrected chi connectivity index (χ1v) is 6.30. The second-order valence-corrected chi connectivity index (χ2v) is 4.96. The molecule has 0 aromatic carbocycles. The monoisotopic (exact) mass is 267 g/mol. The molecule has 1 saturated heterocycles. The summed E-state index contributed by atoms with van der Waals surface area (Å²) < 4.78 is 0. The van der Waals surface area contributed by atoms with Crippen LogP contribution in [-0.2, 0) is 9.59 Å². The van der Waals surface area contributed by atoms with Gasteiger partial charge in [0, 0.05) is 19.0 Å². The third-order valence-electron chi connectivity index (χ3n) is 2.51. The lowest BCUT2D eigenvalue weighted by molar-refractivity contribution is -0.137. The lowest BCUT2D eigenvalue weighted by Crippen LogP contribution is -2.30. The molecule has 1 atom stereocenters. The summed E-state index contributed by atoms with van der Waals surface area (Å²) in [4.78, 5) is 32.6. The van der Waals surface area contributed by atoms with E-state index in [0.29, 0.717) is 11.7 Å². The van der Waals surface area contributed by atoms with E-state index in [1.54, 1.807) is 6.92 Å². The molecule has 7 nitrogen and oxygen atoms in total. The minimum atomic E-state index is -0.487. The molecule has 1 unspecified atom stereocenters. The summed E-state index contributed by atoms with van der Waals surface area (Å²) in [6, 6.07) is 1.43. The van der Waals surface area contributed by atoms with Crippen LogP contribution in [0.5, 0.6) is 0 Å². The Bertz CT molecular complexity index is 487. The SMILES string of the molecule is CCN1C(=O)CC(Sc2nc(N)cc(N)n2)C1=O. The largest absolute Gasteiger partial charge is 0.383 e. The Morgan fingerprint density at radius 3 is 2.50 bits per heavy atom. The van der Waals surface area contributed by atoms with Gasteiger partial charge >= 0.3 is 0 Å². The molecule has 0 spiro atoms. The van der Waals surface area contributed by atoms with E-state index >= 15 is 0 Å². The number of likely N-dealkylation sites (tertiary alicyclic amines) is 1. The molecule has 0 aliphatic carbocycles. The van der Waals surface area contributed by atoms with Gasteiger partial charge in [0.2, 0.25) is 11.8 Å². The van der Waals surface area contributed by atoms with Crippen LogP contribution in [0, 0.1) is 0 Å². The van der Waals surface area contributed by atoms with Gasteiger partial charge in [-0.3, -0.25) is 14.5 Å². The van der Waals surface area contributed by atoms with Gasteiger partial charge in [0.1, 0.15) is 16.9 Å². The maximum atomic E-state index is 11.9. The third kappa shape index (κ3) is 2.37. The quantitative estimate of drug-likeness (QED) is 0.579. The van der Waals surface area contributed by atoms with Crippen molar-refractivity contribution in [1.29, 1.82) is 0 Å². The van der Waals surface area contributed by atoms with E-state index in [1.165, 1.54) is 11.0 Å². The van der Waals surface area contributed by atoms with Gasteiger partial charge in [0.25, 0.3) is 0 Å². The first-order chi connectivity index (χ1) is 8.51. The van der Waals surface area contributed by atoms with Crippen molar-refractivity contribution in [2.45, 2.75) is 23.8 Å². The van der Waals surface area contributed by atoms with Crippen molar-refractivity contribution in [2.75, 3.05) is 18.0 Å². The van der Waals surface area contributed by atoms with Gasteiger partial charge in [-0.05, 0) is 6.92 Å². The normalized spacial score (nSPS) is 19.6. The number of imide groups is 1. The third-order valence-corrected chi connectivity index (χ3v) is 3.56. The molecule has 1 fully saturated rings. The Morgan fingerprint density at radius 2 is 2.00 bits per heavy atom. The van der Waals surface area contributed by atoms with Crippen molar-refractivity contribution >= 4 is 35.2 Å². The Morgan fingerprint density at radius 1 is 1.39 bits per heavy atom. The minimum absolute atomic E-state index is 0.162. The molecule has 2 heterocycles. The summed E-state index contributed by atoms with van der Waals surface area (Å²) in [6.45, 7) is 2.15. The molecule has 1 aliphatic heterocycles. The summed E-state index contributed by atoms with van der Waals surface area (Å²) in [7, 11) is 0. The number of amides is 2. The van der Waals surface area contributed by atoms with E-state index in [1.807, 2.05) is 0 Å². The fourth-order valence-electron chi connectivity index (χ4n) is 1.72. The molecular formula is C10H13N5O2S. The topological polar surface area (TPSA) is 115 Å². The molecule has 2 amide bonds. The van der Waals surface area contributed by atoms with Crippen LogP contribution in [0.1, 0.15) is 13.3 Å². The summed E-state index contributed by atoms with van der Waals surface area (Å²) >= 11 is 1.12. The number of nitrogens with zero attached hydrogens (tertiary/aromatic N) is 3. The molecule has 1 aliphatic rings. The highest BCUT2D eigenvalue weighted by atomic mass is 32.2. The lowest BCUT2D eigenvalue weighted by atomic mass is 10.4. The van der Waals surface area contributed by atoms with Gasteiger partial charge in [0.15, 0.2) is 5.16 Å². The van der Waals surface area contributed by atoms with Gasteiger partial charge in [0.05, 0.1) is 0 Å². The van der Waals surface area contributed by atoms with E-state index < -0.39 is 5.25 Å². The molecule has 8 heteroatoms. The zero-order valence-electron chi connectivity index (χ0n) is 9.79. The summed E-state index contributed by atoms with van der Waals surface area (Å²) in [6.07, 6.45) is 0.162. The molecule has 1 aromatic heterocycles. The molecular weight excluding hydrogens is 254 g/mol. The van der Waals surface area contributed by atoms with E-state index in [0.717, 1.165) is 11.8 Å². The molecule has 0 saturated carbocycles. The summed E-state index contributed by atoms with van der Waals surface area (Å²) in [5.41, 5.74) is 11.1. The van der Waals surface area contributed by atoms with Gasteiger partial charge in [-0.25, -0.2) is 9.97 Å². The van der Waals surface area contributed by atoms with Crippen molar-refractivity contribution in [2.24, 2.45) is 0 Å². The average Bonchev–Trinajstić information content (AvgIpc) is 2.52. The van der Waals surface area contributed by atoms with Crippen LogP contribution in [0.15, 0.2) is 11.2 Å². The van der Waals surface area contributed by atoms with Crippen molar-refractivity contribution < 1.29 is 9.59 Å². The molecule has 2 rings (SSSR count). The average molecular weight is 267 g/mol. The molecule has 4 N–H and O–H groups in total. The molecule has 96 valence electrons. The van der Waals surface area contributed by atoms with E-state index in [9.17, 15) is 9.59 Å². The smallest absolute Gasteiger partial charge is 0.243 e. The van der Waals surface area contributed by atoms with E-state index in [4.69, 9.17) is 11.5 Å². The second kappa shape index (κ2) is 4.81. The van der Waals surface area contributed by atoms with Crippen LogP contribution in [0.25, 0.3) is 0 Å². The Kier molecular flexibility index (Phi) is 3.37. The first kappa shape index (κ1) is 12.6. The van der Waals surface area contributed by atoms with Crippen LogP contribution in [0.3, 0.4) is 0 Å².